The van der Waals surface area contributed by atoms with Gasteiger partial charge in [0, 0.05) is 18.8 Å². The van der Waals surface area contributed by atoms with Crippen molar-refractivity contribution in [3.63, 3.8) is 0 Å². The van der Waals surface area contributed by atoms with E-state index >= 15 is 4.39 Å². The van der Waals surface area contributed by atoms with Crippen molar-refractivity contribution in [2.24, 2.45) is 0 Å². The molecule has 0 spiro atoms. The minimum atomic E-state index is -1.81. The second kappa shape index (κ2) is 12.6. The molecule has 0 radical (unpaired) electrons. The molecule has 9 nitrogen and oxygen atoms in total. The first kappa shape index (κ1) is 27.8. The van der Waals surface area contributed by atoms with Gasteiger partial charge in [-0.2, -0.15) is 0 Å². The molecular formula is C29H33FN6O3. The summed E-state index contributed by atoms with van der Waals surface area (Å²) in [5, 5.41) is 10.9. The molecule has 39 heavy (non-hydrogen) atoms. The molecule has 0 saturated carbocycles. The Kier molecular flexibility index (Phi) is 8.96. The monoisotopic (exact) mass is 532 g/mol. The highest BCUT2D eigenvalue weighted by Crippen LogP contribution is 2.35. The summed E-state index contributed by atoms with van der Waals surface area (Å²) < 4.78 is 21.8. The van der Waals surface area contributed by atoms with Crippen LogP contribution in [0.5, 0.6) is 0 Å². The molecular weight excluding hydrogens is 499 g/mol. The van der Waals surface area contributed by atoms with Gasteiger partial charge >= 0.3 is 5.97 Å². The van der Waals surface area contributed by atoms with Gasteiger partial charge in [-0.15, -0.1) is 10.2 Å². The van der Waals surface area contributed by atoms with Crippen molar-refractivity contribution < 1.29 is 18.7 Å². The number of ether oxygens (including phenoxy) is 1. The van der Waals surface area contributed by atoms with E-state index in [2.05, 4.69) is 30.5 Å². The Morgan fingerprint density at radius 3 is 2.49 bits per heavy atom. The maximum absolute atomic E-state index is 16.7. The maximum atomic E-state index is 16.7. The van der Waals surface area contributed by atoms with Crippen LogP contribution in [-0.4, -0.2) is 55.3 Å². The minimum absolute atomic E-state index is 0.115. The number of alkyl halides is 1. The number of hydrogen-bond donors (Lipinski definition) is 2. The Morgan fingerprint density at radius 2 is 1.79 bits per heavy atom. The summed E-state index contributed by atoms with van der Waals surface area (Å²) in [7, 11) is 0. The highest BCUT2D eigenvalue weighted by molar-refractivity contribution is 5.94. The molecule has 1 amide bonds. The van der Waals surface area contributed by atoms with Gasteiger partial charge in [0.25, 0.3) is 5.91 Å². The fraction of sp³-hybridized carbons (Fsp3) is 0.379. The van der Waals surface area contributed by atoms with E-state index in [1.54, 1.807) is 6.07 Å². The summed E-state index contributed by atoms with van der Waals surface area (Å²) in [5.41, 5.74) is 0.470. The van der Waals surface area contributed by atoms with Gasteiger partial charge in [-0.3, -0.25) is 14.6 Å². The summed E-state index contributed by atoms with van der Waals surface area (Å²) in [6, 6.07) is 15.9. The van der Waals surface area contributed by atoms with E-state index in [-0.39, 0.29) is 36.5 Å². The average molecular weight is 533 g/mol. The quantitative estimate of drug-likeness (QED) is 0.249. The third-order valence-electron chi connectivity index (χ3n) is 7.02. The Hall–Kier alpha value is -4.21. The van der Waals surface area contributed by atoms with Gasteiger partial charge in [0.05, 0.1) is 29.9 Å². The average Bonchev–Trinajstić information content (AvgIpc) is 3.48. The fourth-order valence-corrected chi connectivity index (χ4v) is 4.82. The first-order valence-electron chi connectivity index (χ1n) is 13.0. The molecule has 2 aromatic carbocycles. The zero-order chi connectivity index (χ0) is 27.8. The topological polar surface area (TPSA) is 123 Å². The molecule has 204 valence electrons. The fourth-order valence-electron chi connectivity index (χ4n) is 4.82. The van der Waals surface area contributed by atoms with Crippen LogP contribution in [0.15, 0.2) is 67.1 Å². The molecule has 4 aromatic rings. The first-order chi connectivity index (χ1) is 18.7. The molecule has 2 heterocycles. The lowest BCUT2D eigenvalue weighted by atomic mass is 9.79. The molecule has 4 unspecified atom stereocenters. The number of nitrogens with zero attached hydrogens (tertiary/aromatic N) is 4. The van der Waals surface area contributed by atoms with Gasteiger partial charge in [-0.1, -0.05) is 49.4 Å². The van der Waals surface area contributed by atoms with Crippen molar-refractivity contribution in [2.75, 3.05) is 6.61 Å². The molecule has 0 bridgehead atoms. The Morgan fingerprint density at radius 1 is 1.08 bits per heavy atom. The van der Waals surface area contributed by atoms with Crippen molar-refractivity contribution in [3.05, 3.63) is 84.2 Å². The van der Waals surface area contributed by atoms with Crippen molar-refractivity contribution in [1.29, 1.82) is 0 Å². The lowest BCUT2D eigenvalue weighted by molar-refractivity contribution is -0.141. The second-order valence-electron chi connectivity index (χ2n) is 9.91. The molecule has 10 heteroatoms. The van der Waals surface area contributed by atoms with Crippen LogP contribution in [-0.2, 0) is 9.53 Å². The third-order valence-corrected chi connectivity index (χ3v) is 7.02. The molecule has 4 rings (SSSR count). The number of aromatic amines is 1. The number of fused-ring (bicyclic) bond motifs is 1. The number of carbonyl (C=O) groups excluding carboxylic acids is 2. The number of para-hydroxylation sites is 2. The number of rotatable bonds is 12. The summed E-state index contributed by atoms with van der Waals surface area (Å²) in [6.07, 6.45) is 3.85. The van der Waals surface area contributed by atoms with Gasteiger partial charge in [-0.05, 0) is 43.9 Å². The number of hydrogen-bond acceptors (Lipinski definition) is 7. The number of esters is 1. The Labute approximate surface area is 226 Å². The predicted molar refractivity (Wildman–Crippen MR) is 145 cm³/mol. The maximum Gasteiger partial charge on any atom is 0.302 e. The zero-order valence-corrected chi connectivity index (χ0v) is 22.3. The van der Waals surface area contributed by atoms with Gasteiger partial charge in [-0.25, -0.2) is 9.37 Å². The van der Waals surface area contributed by atoms with Crippen LogP contribution in [0.3, 0.4) is 0 Å². The van der Waals surface area contributed by atoms with Crippen LogP contribution in [0, 0.1) is 0 Å². The lowest BCUT2D eigenvalue weighted by Crippen LogP contribution is -2.51. The number of H-pyrrole nitrogens is 1. The molecule has 2 N–H and O–H groups in total. The Balaban J connectivity index is 1.56. The molecule has 0 aliphatic heterocycles. The van der Waals surface area contributed by atoms with E-state index in [0.29, 0.717) is 29.7 Å². The molecule has 0 aliphatic carbocycles. The summed E-state index contributed by atoms with van der Waals surface area (Å²) in [4.78, 5) is 36.4. The first-order valence-corrected chi connectivity index (χ1v) is 13.0. The smallest absolute Gasteiger partial charge is 0.302 e. The minimum Gasteiger partial charge on any atom is -0.466 e. The number of benzene rings is 2. The number of aromatic nitrogens is 5. The van der Waals surface area contributed by atoms with Gasteiger partial charge in [0.1, 0.15) is 23.5 Å². The van der Waals surface area contributed by atoms with Crippen LogP contribution < -0.4 is 5.32 Å². The number of nitrogens with one attached hydrogen (secondary N) is 2. The standard InChI is InChI=1S/C29H33FN6O3/c1-19(21-9-5-4-6-10-21)26(35-28(38)25-17-31-23-11-7-8-12-24(23)34-25)29(3,30)15-13-22(14-16-39-20(2)37)27-32-18-33-36-27/h4-12,17-19,22,26H,13-16H2,1-3H3,(H,35,38)(H,32,33,36). The van der Waals surface area contributed by atoms with E-state index in [0.717, 1.165) is 5.56 Å². The van der Waals surface area contributed by atoms with Crippen LogP contribution in [0.4, 0.5) is 4.39 Å². The molecule has 0 fully saturated rings. The number of halogens is 1. The lowest BCUT2D eigenvalue weighted by Gasteiger charge is -2.36. The molecule has 0 aliphatic rings. The van der Waals surface area contributed by atoms with E-state index in [1.165, 1.54) is 26.4 Å². The molecule has 4 atom stereocenters. The second-order valence-corrected chi connectivity index (χ2v) is 9.91. The highest BCUT2D eigenvalue weighted by Gasteiger charge is 2.40. The van der Waals surface area contributed by atoms with E-state index < -0.39 is 17.6 Å². The van der Waals surface area contributed by atoms with E-state index in [4.69, 9.17) is 4.74 Å². The zero-order valence-electron chi connectivity index (χ0n) is 22.3. The SMILES string of the molecule is CC(=O)OCCC(CCC(C)(F)C(NC(=O)c1cnc2ccccc2n1)C(C)c1ccccc1)c1nnc[nH]1. The third kappa shape index (κ3) is 7.22. The van der Waals surface area contributed by atoms with Crippen LogP contribution in [0.25, 0.3) is 11.0 Å². The van der Waals surface area contributed by atoms with Crippen LogP contribution in [0.1, 0.15) is 73.7 Å². The largest absolute Gasteiger partial charge is 0.466 e. The summed E-state index contributed by atoms with van der Waals surface area (Å²) >= 11 is 0. The van der Waals surface area contributed by atoms with Crippen molar-refractivity contribution in [1.82, 2.24) is 30.5 Å². The van der Waals surface area contributed by atoms with Crippen LogP contribution in [0.2, 0.25) is 0 Å². The van der Waals surface area contributed by atoms with Gasteiger partial charge < -0.3 is 15.0 Å². The van der Waals surface area contributed by atoms with Crippen molar-refractivity contribution in [2.45, 2.75) is 63.6 Å². The molecule has 0 saturated heterocycles. The van der Waals surface area contributed by atoms with Gasteiger partial charge in [0.2, 0.25) is 0 Å². The van der Waals surface area contributed by atoms with Crippen molar-refractivity contribution >= 4 is 22.9 Å². The number of carbonyl (C=O) groups is 2. The van der Waals surface area contributed by atoms with Crippen molar-refractivity contribution in [3.8, 4) is 0 Å². The summed E-state index contributed by atoms with van der Waals surface area (Å²) in [5.74, 6) is -0.828. The van der Waals surface area contributed by atoms with E-state index in [9.17, 15) is 9.59 Å². The normalized spacial score (nSPS) is 15.2. The summed E-state index contributed by atoms with van der Waals surface area (Å²) in [6.45, 7) is 4.94. The Bertz CT molecular complexity index is 1380. The molecule has 2 aromatic heterocycles. The predicted octanol–water partition coefficient (Wildman–Crippen LogP) is 4.90. The number of amides is 1. The highest BCUT2D eigenvalue weighted by atomic mass is 19.1. The van der Waals surface area contributed by atoms with Crippen LogP contribution >= 0.6 is 0 Å². The van der Waals surface area contributed by atoms with Gasteiger partial charge in [0.15, 0.2) is 0 Å². The van der Waals surface area contributed by atoms with E-state index in [1.807, 2.05) is 55.5 Å².